The number of carbonyl (C=O) groups excluding carboxylic acids is 1. The quantitative estimate of drug-likeness (QED) is 0.801. The van der Waals surface area contributed by atoms with Crippen molar-refractivity contribution in [1.29, 1.82) is 0 Å². The minimum Gasteiger partial charge on any atom is -0.494 e. The van der Waals surface area contributed by atoms with E-state index in [2.05, 4.69) is 0 Å². The Morgan fingerprint density at radius 3 is 2.30 bits per heavy atom. The number of benzene rings is 2. The summed E-state index contributed by atoms with van der Waals surface area (Å²) in [4.78, 5) is 12.0. The van der Waals surface area contributed by atoms with Gasteiger partial charge >= 0.3 is 0 Å². The maximum atomic E-state index is 13.2. The molecule has 104 valence electrons. The molecule has 0 N–H and O–H groups in total. The molecule has 0 heterocycles. The van der Waals surface area contributed by atoms with Crippen LogP contribution in [0.15, 0.2) is 36.4 Å². The van der Waals surface area contributed by atoms with Gasteiger partial charge in [0.1, 0.15) is 11.6 Å². The van der Waals surface area contributed by atoms with Gasteiger partial charge in [-0.05, 0) is 35.9 Å². The second-order valence-corrected chi connectivity index (χ2v) is 4.23. The van der Waals surface area contributed by atoms with Gasteiger partial charge in [-0.3, -0.25) is 4.79 Å². The summed E-state index contributed by atoms with van der Waals surface area (Å²) in [6.07, 6.45) is -0.177. The highest BCUT2D eigenvalue weighted by Gasteiger charge is 2.12. The number of carbonyl (C=O) groups is 1. The Labute approximate surface area is 113 Å². The van der Waals surface area contributed by atoms with Crippen LogP contribution in [0.25, 0.3) is 0 Å². The summed E-state index contributed by atoms with van der Waals surface area (Å²) < 4.78 is 44.1. The molecule has 0 bridgehead atoms. The molecule has 0 unspecified atom stereocenters. The van der Waals surface area contributed by atoms with Crippen LogP contribution in [0.2, 0.25) is 0 Å². The molecule has 0 spiro atoms. The van der Waals surface area contributed by atoms with Crippen LogP contribution in [-0.4, -0.2) is 12.9 Å². The number of methoxy groups -OCH3 is 1. The number of halogens is 3. The Balaban J connectivity index is 2.23. The molecule has 0 amide bonds. The van der Waals surface area contributed by atoms with Gasteiger partial charge in [0.15, 0.2) is 17.3 Å². The van der Waals surface area contributed by atoms with Crippen molar-refractivity contribution in [3.63, 3.8) is 0 Å². The van der Waals surface area contributed by atoms with E-state index < -0.39 is 17.5 Å². The summed E-state index contributed by atoms with van der Waals surface area (Å²) in [5.74, 6) is -2.51. The molecule has 0 saturated carbocycles. The average molecular weight is 280 g/mol. The first-order chi connectivity index (χ1) is 9.49. The lowest BCUT2D eigenvalue weighted by Gasteiger charge is -2.06. The highest BCUT2D eigenvalue weighted by atomic mass is 19.1. The number of hydrogen-bond donors (Lipinski definition) is 0. The van der Waals surface area contributed by atoms with Gasteiger partial charge < -0.3 is 4.74 Å². The monoisotopic (exact) mass is 280 g/mol. The molecule has 2 rings (SSSR count). The van der Waals surface area contributed by atoms with Crippen LogP contribution in [0.5, 0.6) is 5.75 Å². The van der Waals surface area contributed by atoms with Crippen molar-refractivity contribution in [3.05, 3.63) is 65.0 Å². The van der Waals surface area contributed by atoms with Crippen molar-refractivity contribution in [2.75, 3.05) is 7.11 Å². The highest BCUT2D eigenvalue weighted by molar-refractivity contribution is 5.97. The topological polar surface area (TPSA) is 26.3 Å². The Morgan fingerprint density at radius 2 is 1.70 bits per heavy atom. The third kappa shape index (κ3) is 3.17. The maximum Gasteiger partial charge on any atom is 0.167 e. The molecular weight excluding hydrogens is 269 g/mol. The molecule has 0 saturated heterocycles. The van der Waals surface area contributed by atoms with E-state index in [4.69, 9.17) is 4.74 Å². The van der Waals surface area contributed by atoms with Crippen LogP contribution in [0.4, 0.5) is 13.2 Å². The Hall–Kier alpha value is -2.30. The van der Waals surface area contributed by atoms with Crippen molar-refractivity contribution < 1.29 is 22.7 Å². The predicted molar refractivity (Wildman–Crippen MR) is 67.3 cm³/mol. The van der Waals surface area contributed by atoms with E-state index >= 15 is 0 Å². The van der Waals surface area contributed by atoms with Crippen molar-refractivity contribution in [1.82, 2.24) is 0 Å². The third-order valence-electron chi connectivity index (χ3n) is 2.76. The number of hydrogen-bond acceptors (Lipinski definition) is 2. The van der Waals surface area contributed by atoms with E-state index in [1.165, 1.54) is 19.2 Å². The van der Waals surface area contributed by atoms with E-state index in [0.29, 0.717) is 0 Å². The normalized spacial score (nSPS) is 10.4. The zero-order valence-electron chi connectivity index (χ0n) is 10.6. The lowest BCUT2D eigenvalue weighted by atomic mass is 10.0. The second-order valence-electron chi connectivity index (χ2n) is 4.23. The van der Waals surface area contributed by atoms with E-state index in [1.807, 2.05) is 0 Å². The van der Waals surface area contributed by atoms with Gasteiger partial charge in [0.25, 0.3) is 0 Å². The first-order valence-electron chi connectivity index (χ1n) is 5.81. The van der Waals surface area contributed by atoms with Crippen LogP contribution in [0.3, 0.4) is 0 Å². The minimum atomic E-state index is -0.746. The molecule has 0 aliphatic carbocycles. The molecular formula is C15H11F3O2. The number of rotatable bonds is 4. The van der Waals surface area contributed by atoms with E-state index in [-0.39, 0.29) is 29.1 Å². The molecule has 0 radical (unpaired) electrons. The lowest BCUT2D eigenvalue weighted by Crippen LogP contribution is -2.05. The standard InChI is InChI=1S/C15H11F3O2/c1-20-15-7-10(2-3-13(15)18)14(19)6-9-4-11(16)8-12(17)5-9/h2-5,7-8H,6H2,1H3. The molecule has 20 heavy (non-hydrogen) atoms. The fourth-order valence-electron chi connectivity index (χ4n) is 1.83. The first-order valence-corrected chi connectivity index (χ1v) is 5.81. The third-order valence-corrected chi connectivity index (χ3v) is 2.76. The van der Waals surface area contributed by atoms with Gasteiger partial charge in [0, 0.05) is 18.1 Å². The van der Waals surface area contributed by atoms with Crippen LogP contribution in [0, 0.1) is 17.5 Å². The van der Waals surface area contributed by atoms with E-state index in [0.717, 1.165) is 24.3 Å². The average Bonchev–Trinajstić information content (AvgIpc) is 2.37. The molecule has 5 heteroatoms. The second kappa shape index (κ2) is 5.77. The van der Waals surface area contributed by atoms with Crippen LogP contribution >= 0.6 is 0 Å². The number of ether oxygens (including phenoxy) is 1. The fourth-order valence-corrected chi connectivity index (χ4v) is 1.83. The molecule has 0 aliphatic rings. The lowest BCUT2D eigenvalue weighted by molar-refractivity contribution is 0.0992. The molecule has 2 nitrogen and oxygen atoms in total. The SMILES string of the molecule is COc1cc(C(=O)Cc2cc(F)cc(F)c2)ccc1F. The van der Waals surface area contributed by atoms with Crippen LogP contribution in [-0.2, 0) is 6.42 Å². The van der Waals surface area contributed by atoms with Crippen LogP contribution < -0.4 is 4.74 Å². The smallest absolute Gasteiger partial charge is 0.167 e. The Kier molecular flexibility index (Phi) is 4.08. The summed E-state index contributed by atoms with van der Waals surface area (Å²) in [6, 6.07) is 6.57. The summed E-state index contributed by atoms with van der Waals surface area (Å²) in [6.45, 7) is 0. The van der Waals surface area contributed by atoms with Gasteiger partial charge in [-0.1, -0.05) is 0 Å². The Morgan fingerprint density at radius 1 is 1.05 bits per heavy atom. The highest BCUT2D eigenvalue weighted by Crippen LogP contribution is 2.20. The van der Waals surface area contributed by atoms with Gasteiger partial charge in [-0.15, -0.1) is 0 Å². The largest absolute Gasteiger partial charge is 0.494 e. The molecule has 0 aliphatic heterocycles. The molecule has 2 aromatic carbocycles. The predicted octanol–water partition coefficient (Wildman–Crippen LogP) is 3.54. The van der Waals surface area contributed by atoms with Crippen molar-refractivity contribution >= 4 is 5.78 Å². The maximum absolute atomic E-state index is 13.2. The summed E-state index contributed by atoms with van der Waals surface area (Å²) in [5, 5.41) is 0. The minimum absolute atomic E-state index is 0.0544. The summed E-state index contributed by atoms with van der Waals surface area (Å²) in [7, 11) is 1.29. The van der Waals surface area contributed by atoms with Gasteiger partial charge in [0.05, 0.1) is 7.11 Å². The van der Waals surface area contributed by atoms with Gasteiger partial charge in [-0.2, -0.15) is 0 Å². The Bertz CT molecular complexity index is 633. The van der Waals surface area contributed by atoms with Gasteiger partial charge in [0.2, 0.25) is 0 Å². The fraction of sp³-hybridized carbons (Fsp3) is 0.133. The summed E-state index contributed by atoms with van der Waals surface area (Å²) >= 11 is 0. The van der Waals surface area contributed by atoms with Gasteiger partial charge in [-0.25, -0.2) is 13.2 Å². The van der Waals surface area contributed by atoms with Crippen molar-refractivity contribution in [3.8, 4) is 5.75 Å². The van der Waals surface area contributed by atoms with Crippen molar-refractivity contribution in [2.24, 2.45) is 0 Å². The van der Waals surface area contributed by atoms with Crippen molar-refractivity contribution in [2.45, 2.75) is 6.42 Å². The zero-order chi connectivity index (χ0) is 14.7. The van der Waals surface area contributed by atoms with E-state index in [1.54, 1.807) is 0 Å². The number of ketones is 1. The van der Waals surface area contributed by atoms with E-state index in [9.17, 15) is 18.0 Å². The first kappa shape index (κ1) is 14.1. The molecule has 0 fully saturated rings. The summed E-state index contributed by atoms with van der Waals surface area (Å²) in [5.41, 5.74) is 0.434. The number of Topliss-reactive ketones (excluding diaryl/α,β-unsaturated/α-hetero) is 1. The molecule has 0 atom stereocenters. The van der Waals surface area contributed by atoms with Crippen LogP contribution in [0.1, 0.15) is 15.9 Å². The molecule has 2 aromatic rings. The molecule has 0 aromatic heterocycles. The zero-order valence-corrected chi connectivity index (χ0v) is 10.6.